The highest BCUT2D eigenvalue weighted by molar-refractivity contribution is 6.34. The maximum atomic E-state index is 12.3. The topological polar surface area (TPSA) is 17.1 Å². The van der Waals surface area contributed by atoms with E-state index in [2.05, 4.69) is 0 Å². The first kappa shape index (κ1) is 11.9. The van der Waals surface area contributed by atoms with Gasteiger partial charge in [0, 0.05) is 11.1 Å². The molecule has 2 rings (SSSR count). The molecule has 2 heteroatoms. The van der Waals surface area contributed by atoms with E-state index < -0.39 is 0 Å². The molecule has 0 aliphatic carbocycles. The van der Waals surface area contributed by atoms with Crippen LogP contribution in [0.25, 0.3) is 0 Å². The molecule has 0 heterocycles. The summed E-state index contributed by atoms with van der Waals surface area (Å²) in [7, 11) is 0. The molecule has 0 fully saturated rings. The summed E-state index contributed by atoms with van der Waals surface area (Å²) in [6.45, 7) is 3.97. The average Bonchev–Trinajstić information content (AvgIpc) is 2.27. The first-order chi connectivity index (χ1) is 8.08. The van der Waals surface area contributed by atoms with Crippen LogP contribution in [0.5, 0.6) is 0 Å². The highest BCUT2D eigenvalue weighted by atomic mass is 35.5. The molecule has 0 aromatic heterocycles. The predicted octanol–water partition coefficient (Wildman–Crippen LogP) is 4.19. The van der Waals surface area contributed by atoms with Gasteiger partial charge >= 0.3 is 0 Å². The van der Waals surface area contributed by atoms with Gasteiger partial charge in [0.25, 0.3) is 0 Å². The van der Waals surface area contributed by atoms with Crippen molar-refractivity contribution >= 4 is 17.4 Å². The summed E-state index contributed by atoms with van der Waals surface area (Å²) in [5.74, 6) is -0.0256. The molecule has 2 aromatic rings. The zero-order valence-corrected chi connectivity index (χ0v) is 10.6. The van der Waals surface area contributed by atoms with Crippen LogP contribution in [-0.4, -0.2) is 5.78 Å². The van der Waals surface area contributed by atoms with Gasteiger partial charge in [-0.05, 0) is 38.1 Å². The van der Waals surface area contributed by atoms with Crippen molar-refractivity contribution in [3.63, 3.8) is 0 Å². The maximum absolute atomic E-state index is 12.3. The Morgan fingerprint density at radius 2 is 1.59 bits per heavy atom. The van der Waals surface area contributed by atoms with E-state index in [-0.39, 0.29) is 5.78 Å². The number of ketones is 1. The van der Waals surface area contributed by atoms with E-state index in [1.54, 1.807) is 12.1 Å². The second kappa shape index (κ2) is 4.72. The second-order valence-electron chi connectivity index (χ2n) is 4.19. The standard InChI is InChI=1S/C15H13ClO/c1-10-7-11(2)9-12(8-10)15(17)13-5-3-4-6-14(13)16/h3-9H,1-2H3. The quantitative estimate of drug-likeness (QED) is 0.724. The van der Waals surface area contributed by atoms with Gasteiger partial charge in [0.15, 0.2) is 5.78 Å². The number of carbonyl (C=O) groups is 1. The minimum absolute atomic E-state index is 0.0256. The van der Waals surface area contributed by atoms with Crippen molar-refractivity contribution in [2.24, 2.45) is 0 Å². The van der Waals surface area contributed by atoms with Gasteiger partial charge in [-0.25, -0.2) is 0 Å². The molecule has 0 atom stereocenters. The molecule has 0 unspecified atom stereocenters. The fourth-order valence-electron chi connectivity index (χ4n) is 1.91. The van der Waals surface area contributed by atoms with E-state index in [0.717, 1.165) is 11.1 Å². The second-order valence-corrected chi connectivity index (χ2v) is 4.59. The van der Waals surface area contributed by atoms with E-state index in [9.17, 15) is 4.79 Å². The summed E-state index contributed by atoms with van der Waals surface area (Å²) in [4.78, 5) is 12.3. The third-order valence-corrected chi connectivity index (χ3v) is 2.93. The first-order valence-corrected chi connectivity index (χ1v) is 5.83. The Kier molecular flexibility index (Phi) is 3.30. The van der Waals surface area contributed by atoms with Crippen molar-refractivity contribution in [3.8, 4) is 0 Å². The van der Waals surface area contributed by atoms with Crippen LogP contribution in [0.3, 0.4) is 0 Å². The SMILES string of the molecule is Cc1cc(C)cc(C(=O)c2ccccc2Cl)c1. The van der Waals surface area contributed by atoms with Crippen LogP contribution in [0.15, 0.2) is 42.5 Å². The Hall–Kier alpha value is -1.60. The molecule has 0 aliphatic rings. The van der Waals surface area contributed by atoms with Crippen LogP contribution >= 0.6 is 11.6 Å². The van der Waals surface area contributed by atoms with E-state index in [1.807, 2.05) is 44.2 Å². The van der Waals surface area contributed by atoms with Gasteiger partial charge in [-0.1, -0.05) is 40.9 Å². The molecule has 0 saturated heterocycles. The molecular weight excluding hydrogens is 232 g/mol. The summed E-state index contributed by atoms with van der Waals surface area (Å²) >= 11 is 6.03. The Bertz CT molecular complexity index is 553. The highest BCUT2D eigenvalue weighted by Gasteiger charge is 2.12. The lowest BCUT2D eigenvalue weighted by atomic mass is 9.99. The van der Waals surface area contributed by atoms with Gasteiger partial charge in [0.05, 0.1) is 5.02 Å². The number of aryl methyl sites for hydroxylation is 2. The molecule has 1 nitrogen and oxygen atoms in total. The molecule has 2 aromatic carbocycles. The van der Waals surface area contributed by atoms with E-state index in [1.165, 1.54) is 0 Å². The van der Waals surface area contributed by atoms with Gasteiger partial charge in [0.2, 0.25) is 0 Å². The van der Waals surface area contributed by atoms with Crippen molar-refractivity contribution in [3.05, 3.63) is 69.7 Å². The van der Waals surface area contributed by atoms with Gasteiger partial charge in [-0.2, -0.15) is 0 Å². The van der Waals surface area contributed by atoms with E-state index >= 15 is 0 Å². The van der Waals surface area contributed by atoms with Crippen LogP contribution in [0.4, 0.5) is 0 Å². The number of carbonyl (C=O) groups excluding carboxylic acids is 1. The van der Waals surface area contributed by atoms with Crippen LogP contribution in [-0.2, 0) is 0 Å². The molecule has 0 bridgehead atoms. The largest absolute Gasteiger partial charge is 0.289 e. The summed E-state index contributed by atoms with van der Waals surface area (Å²) in [5.41, 5.74) is 3.41. The fraction of sp³-hybridized carbons (Fsp3) is 0.133. The van der Waals surface area contributed by atoms with E-state index in [0.29, 0.717) is 16.1 Å². The predicted molar refractivity (Wildman–Crippen MR) is 70.8 cm³/mol. The van der Waals surface area contributed by atoms with E-state index in [4.69, 9.17) is 11.6 Å². The Morgan fingerprint density at radius 3 is 2.18 bits per heavy atom. The fourth-order valence-corrected chi connectivity index (χ4v) is 2.13. The third-order valence-electron chi connectivity index (χ3n) is 2.60. The molecular formula is C15H13ClO. The van der Waals surface area contributed by atoms with Crippen molar-refractivity contribution in [1.29, 1.82) is 0 Å². The summed E-state index contributed by atoms with van der Waals surface area (Å²) in [6, 6.07) is 12.9. The van der Waals surface area contributed by atoms with Gasteiger partial charge in [-0.15, -0.1) is 0 Å². The number of rotatable bonds is 2. The van der Waals surface area contributed by atoms with Crippen LogP contribution in [0, 0.1) is 13.8 Å². The zero-order chi connectivity index (χ0) is 12.4. The summed E-state index contributed by atoms with van der Waals surface area (Å²) in [6.07, 6.45) is 0. The molecule has 86 valence electrons. The zero-order valence-electron chi connectivity index (χ0n) is 9.83. The molecule has 0 radical (unpaired) electrons. The lowest BCUT2D eigenvalue weighted by Crippen LogP contribution is -2.02. The molecule has 0 aliphatic heterocycles. The smallest absolute Gasteiger partial charge is 0.194 e. The molecule has 0 saturated carbocycles. The van der Waals surface area contributed by atoms with Gasteiger partial charge < -0.3 is 0 Å². The monoisotopic (exact) mass is 244 g/mol. The highest BCUT2D eigenvalue weighted by Crippen LogP contribution is 2.20. The van der Waals surface area contributed by atoms with Crippen molar-refractivity contribution < 1.29 is 4.79 Å². The lowest BCUT2D eigenvalue weighted by molar-refractivity contribution is 0.103. The van der Waals surface area contributed by atoms with Gasteiger partial charge in [0.1, 0.15) is 0 Å². The third kappa shape index (κ3) is 2.56. The average molecular weight is 245 g/mol. The molecule has 17 heavy (non-hydrogen) atoms. The molecule has 0 N–H and O–H groups in total. The summed E-state index contributed by atoms with van der Waals surface area (Å²) in [5, 5.41) is 0.497. The Balaban J connectivity index is 2.48. The lowest BCUT2D eigenvalue weighted by Gasteiger charge is -2.05. The minimum Gasteiger partial charge on any atom is -0.289 e. The molecule has 0 amide bonds. The maximum Gasteiger partial charge on any atom is 0.194 e. The van der Waals surface area contributed by atoms with Crippen molar-refractivity contribution in [2.75, 3.05) is 0 Å². The first-order valence-electron chi connectivity index (χ1n) is 5.45. The van der Waals surface area contributed by atoms with Crippen molar-refractivity contribution in [2.45, 2.75) is 13.8 Å². The van der Waals surface area contributed by atoms with Gasteiger partial charge in [-0.3, -0.25) is 4.79 Å². The summed E-state index contributed by atoms with van der Waals surface area (Å²) < 4.78 is 0. The van der Waals surface area contributed by atoms with Crippen LogP contribution in [0.1, 0.15) is 27.0 Å². The van der Waals surface area contributed by atoms with Crippen LogP contribution < -0.4 is 0 Å². The Labute approximate surface area is 106 Å². The number of hydrogen-bond acceptors (Lipinski definition) is 1. The Morgan fingerprint density at radius 1 is 1.00 bits per heavy atom. The number of halogens is 1. The number of benzene rings is 2. The molecule has 0 spiro atoms. The van der Waals surface area contributed by atoms with Crippen molar-refractivity contribution in [1.82, 2.24) is 0 Å². The van der Waals surface area contributed by atoms with Crippen LogP contribution in [0.2, 0.25) is 5.02 Å². The number of hydrogen-bond donors (Lipinski definition) is 0. The normalized spacial score (nSPS) is 10.3. The minimum atomic E-state index is -0.0256.